The van der Waals surface area contributed by atoms with Crippen molar-refractivity contribution in [1.29, 1.82) is 0 Å². The minimum atomic E-state index is -0.00645. The molecule has 6 heteroatoms. The van der Waals surface area contributed by atoms with E-state index >= 15 is 0 Å². The van der Waals surface area contributed by atoms with Crippen molar-refractivity contribution >= 4 is 16.9 Å². The van der Waals surface area contributed by atoms with Crippen LogP contribution >= 0.6 is 0 Å². The molecule has 4 aromatic rings. The van der Waals surface area contributed by atoms with Crippen molar-refractivity contribution in [3.63, 3.8) is 0 Å². The number of unbranched alkanes of at least 4 members (excludes halogenated alkanes) is 2. The van der Waals surface area contributed by atoms with Crippen LogP contribution in [0.15, 0.2) is 79.4 Å². The maximum absolute atomic E-state index is 12.3. The molecule has 4 rings (SSSR count). The molecule has 0 spiro atoms. The highest BCUT2D eigenvalue weighted by atomic mass is 16.5. The molecule has 204 valence electrons. The number of nitrogens with zero attached hydrogens (tertiary/aromatic N) is 2. The Morgan fingerprint density at radius 3 is 2.69 bits per heavy atom. The van der Waals surface area contributed by atoms with Crippen molar-refractivity contribution in [2.75, 3.05) is 20.3 Å². The number of benzene rings is 3. The van der Waals surface area contributed by atoms with Gasteiger partial charge in [-0.2, -0.15) is 0 Å². The van der Waals surface area contributed by atoms with Crippen LogP contribution in [0.25, 0.3) is 11.0 Å². The lowest BCUT2D eigenvalue weighted by Gasteiger charge is -2.13. The number of hydrogen-bond donors (Lipinski definition) is 1. The van der Waals surface area contributed by atoms with Crippen molar-refractivity contribution in [2.45, 2.75) is 52.0 Å². The maximum Gasteiger partial charge on any atom is 0.251 e. The first-order chi connectivity index (χ1) is 19.1. The van der Waals surface area contributed by atoms with E-state index in [9.17, 15) is 4.79 Å². The lowest BCUT2D eigenvalue weighted by atomic mass is 10.1. The first-order valence-corrected chi connectivity index (χ1v) is 13.8. The fourth-order valence-corrected chi connectivity index (χ4v) is 4.77. The second-order valence-corrected chi connectivity index (χ2v) is 9.78. The summed E-state index contributed by atoms with van der Waals surface area (Å²) < 4.78 is 13.9. The summed E-state index contributed by atoms with van der Waals surface area (Å²) in [5.74, 6) is 2.60. The van der Waals surface area contributed by atoms with E-state index in [4.69, 9.17) is 14.5 Å². The fourth-order valence-electron chi connectivity index (χ4n) is 4.77. The molecule has 0 aliphatic heterocycles. The van der Waals surface area contributed by atoms with Crippen LogP contribution in [0, 0.1) is 6.92 Å². The topological polar surface area (TPSA) is 65.4 Å². The van der Waals surface area contributed by atoms with Crippen molar-refractivity contribution < 1.29 is 14.3 Å². The molecule has 0 aliphatic rings. The van der Waals surface area contributed by atoms with Crippen LogP contribution in [-0.2, 0) is 19.4 Å². The minimum absolute atomic E-state index is 0.00645. The largest absolute Gasteiger partial charge is 0.493 e. The van der Waals surface area contributed by atoms with Crippen LogP contribution in [0.5, 0.6) is 11.5 Å². The molecule has 1 N–H and O–H groups in total. The first-order valence-electron chi connectivity index (χ1n) is 13.8. The number of allylic oxidation sites excluding steroid dienone is 1. The fraction of sp³-hybridized carbons (Fsp3) is 0.333. The average molecular weight is 526 g/mol. The predicted octanol–water partition coefficient (Wildman–Crippen LogP) is 6.69. The molecule has 0 radical (unpaired) electrons. The zero-order chi connectivity index (χ0) is 27.5. The van der Waals surface area contributed by atoms with Gasteiger partial charge in [0.2, 0.25) is 0 Å². The van der Waals surface area contributed by atoms with Gasteiger partial charge in [-0.25, -0.2) is 4.98 Å². The Morgan fingerprint density at radius 2 is 1.87 bits per heavy atom. The number of ether oxygens (including phenoxy) is 2. The standard InChI is InChI=1S/C33H39N3O3/c1-4-12-26-18-19-30(31(24-26)38-3)39-22-11-21-36-29-16-8-7-15-28(29)35-32(36)17-6-5-9-20-34-33(37)27-14-10-13-25(2)23-27/h4,7-8,10,13-16,18-19,23-24H,1,5-6,9,11-12,17,20-22H2,2-3H3,(H,34,37). The Kier molecular flexibility index (Phi) is 10.2. The molecule has 0 unspecified atom stereocenters. The van der Waals surface area contributed by atoms with E-state index in [0.29, 0.717) is 13.2 Å². The van der Waals surface area contributed by atoms with E-state index in [1.165, 1.54) is 0 Å². The molecular formula is C33H39N3O3. The molecule has 0 fully saturated rings. The van der Waals surface area contributed by atoms with Gasteiger partial charge in [-0.3, -0.25) is 4.79 Å². The van der Waals surface area contributed by atoms with Gasteiger partial charge in [0, 0.05) is 25.1 Å². The Bertz CT molecular complexity index is 1390. The summed E-state index contributed by atoms with van der Waals surface area (Å²) in [5.41, 5.74) is 5.14. The van der Waals surface area contributed by atoms with Crippen molar-refractivity contribution in [3.8, 4) is 11.5 Å². The number of imidazole rings is 1. The molecule has 39 heavy (non-hydrogen) atoms. The molecular weight excluding hydrogens is 486 g/mol. The van der Waals surface area contributed by atoms with Crippen LogP contribution < -0.4 is 14.8 Å². The van der Waals surface area contributed by atoms with Gasteiger partial charge >= 0.3 is 0 Å². The number of carbonyl (C=O) groups excluding carboxylic acids is 1. The Labute approximate surface area is 231 Å². The summed E-state index contributed by atoms with van der Waals surface area (Å²) in [6.07, 6.45) is 7.44. The zero-order valence-corrected chi connectivity index (χ0v) is 23.1. The van der Waals surface area contributed by atoms with Crippen LogP contribution in [0.1, 0.15) is 53.0 Å². The van der Waals surface area contributed by atoms with Crippen LogP contribution in [-0.4, -0.2) is 35.7 Å². The number of fused-ring (bicyclic) bond motifs is 1. The van der Waals surface area contributed by atoms with Gasteiger partial charge in [0.25, 0.3) is 5.91 Å². The maximum atomic E-state index is 12.3. The van der Waals surface area contributed by atoms with Crippen molar-refractivity contribution in [3.05, 3.63) is 102 Å². The minimum Gasteiger partial charge on any atom is -0.493 e. The van der Waals surface area contributed by atoms with Gasteiger partial charge < -0.3 is 19.4 Å². The first kappa shape index (κ1) is 28.0. The van der Waals surface area contributed by atoms with E-state index in [1.54, 1.807) is 7.11 Å². The zero-order valence-electron chi connectivity index (χ0n) is 23.1. The molecule has 1 heterocycles. The van der Waals surface area contributed by atoms with E-state index in [1.807, 2.05) is 55.5 Å². The summed E-state index contributed by atoms with van der Waals surface area (Å²) in [5, 5.41) is 3.04. The van der Waals surface area contributed by atoms with Gasteiger partial charge in [0.05, 0.1) is 24.8 Å². The molecule has 0 saturated carbocycles. The molecule has 1 amide bonds. The van der Waals surface area contributed by atoms with Gasteiger partial charge in [0.1, 0.15) is 5.82 Å². The molecule has 0 atom stereocenters. The monoisotopic (exact) mass is 525 g/mol. The lowest BCUT2D eigenvalue weighted by Crippen LogP contribution is -2.24. The Balaban J connectivity index is 1.26. The normalized spacial score (nSPS) is 10.9. The highest BCUT2D eigenvalue weighted by Crippen LogP contribution is 2.28. The second kappa shape index (κ2) is 14.2. The number of aryl methyl sites for hydroxylation is 3. The average Bonchev–Trinajstić information content (AvgIpc) is 3.30. The van der Waals surface area contributed by atoms with Gasteiger partial charge in [-0.1, -0.05) is 48.4 Å². The number of para-hydroxylation sites is 2. The third-order valence-electron chi connectivity index (χ3n) is 6.77. The van der Waals surface area contributed by atoms with Crippen molar-refractivity contribution in [1.82, 2.24) is 14.9 Å². The molecule has 6 nitrogen and oxygen atoms in total. The van der Waals surface area contributed by atoms with Gasteiger partial charge in [-0.15, -0.1) is 6.58 Å². The van der Waals surface area contributed by atoms with Crippen LogP contribution in [0.4, 0.5) is 0 Å². The summed E-state index contributed by atoms with van der Waals surface area (Å²) in [6.45, 7) is 7.90. The Morgan fingerprint density at radius 1 is 1.00 bits per heavy atom. The molecule has 3 aromatic carbocycles. The molecule has 0 saturated heterocycles. The molecule has 0 aliphatic carbocycles. The smallest absolute Gasteiger partial charge is 0.251 e. The molecule has 0 bridgehead atoms. The molecule has 1 aromatic heterocycles. The number of aromatic nitrogens is 2. The van der Waals surface area contributed by atoms with E-state index < -0.39 is 0 Å². The highest BCUT2D eigenvalue weighted by Gasteiger charge is 2.11. The number of rotatable bonds is 15. The Hall–Kier alpha value is -4.06. The second-order valence-electron chi connectivity index (χ2n) is 9.78. The number of hydrogen-bond acceptors (Lipinski definition) is 4. The van der Waals surface area contributed by atoms with E-state index in [0.717, 1.165) is 90.1 Å². The van der Waals surface area contributed by atoms with Gasteiger partial charge in [0.15, 0.2) is 11.5 Å². The third-order valence-corrected chi connectivity index (χ3v) is 6.77. The predicted molar refractivity (Wildman–Crippen MR) is 158 cm³/mol. The number of carbonyl (C=O) groups is 1. The SMILES string of the molecule is C=CCc1ccc(OCCCn2c(CCCCCNC(=O)c3cccc(C)c3)nc3ccccc32)c(OC)c1. The van der Waals surface area contributed by atoms with Crippen LogP contribution in [0.2, 0.25) is 0 Å². The quantitative estimate of drug-likeness (QED) is 0.139. The number of nitrogens with one attached hydrogen (secondary N) is 1. The summed E-state index contributed by atoms with van der Waals surface area (Å²) in [7, 11) is 1.67. The summed E-state index contributed by atoms with van der Waals surface area (Å²) in [4.78, 5) is 17.3. The third kappa shape index (κ3) is 7.73. The lowest BCUT2D eigenvalue weighted by molar-refractivity contribution is 0.0953. The summed E-state index contributed by atoms with van der Waals surface area (Å²) >= 11 is 0. The highest BCUT2D eigenvalue weighted by molar-refractivity contribution is 5.94. The van der Waals surface area contributed by atoms with Crippen molar-refractivity contribution in [2.24, 2.45) is 0 Å². The van der Waals surface area contributed by atoms with E-state index in [-0.39, 0.29) is 5.91 Å². The summed E-state index contributed by atoms with van der Waals surface area (Å²) in [6, 6.07) is 22.0. The number of amides is 1. The number of methoxy groups -OCH3 is 1. The van der Waals surface area contributed by atoms with Crippen LogP contribution in [0.3, 0.4) is 0 Å². The van der Waals surface area contributed by atoms with E-state index in [2.05, 4.69) is 40.7 Å². The van der Waals surface area contributed by atoms with Gasteiger partial charge in [-0.05, 0) is 74.6 Å².